The maximum absolute atomic E-state index is 14.5. The molecule has 1 aliphatic rings. The Morgan fingerprint density at radius 1 is 0.762 bits per heavy atom. The van der Waals surface area contributed by atoms with E-state index >= 15 is 0 Å². The van der Waals surface area contributed by atoms with E-state index in [1.165, 1.54) is 4.90 Å². The molecule has 0 spiro atoms. The number of amides is 7. The van der Waals surface area contributed by atoms with Gasteiger partial charge in [0.15, 0.2) is 0 Å². The van der Waals surface area contributed by atoms with E-state index in [-0.39, 0.29) is 70.2 Å². The third-order valence-corrected chi connectivity index (χ3v) is 10.1. The first kappa shape index (κ1) is 49.0. The highest BCUT2D eigenvalue weighted by Gasteiger charge is 2.43. The van der Waals surface area contributed by atoms with Crippen LogP contribution in [-0.2, 0) is 56.1 Å². The van der Waals surface area contributed by atoms with Crippen LogP contribution in [0.5, 0.6) is 0 Å². The molecule has 1 fully saturated rings. The van der Waals surface area contributed by atoms with Crippen molar-refractivity contribution in [1.82, 2.24) is 31.5 Å². The standard InChI is InChI=1S/C46H59N7O10/c1-4-15-35(41(56)44(59)49-26-39(55)52-40(42(47)57)33-20-12-7-13-21-33)50-43(58)37-25-34(62-29-32-18-10-6-11-19-32)27-53(37)45(60)36(51-46(61)63-28-30(2)3)22-14-23-48-38(54)24-31-16-8-5-9-17-31/h5-13,16-21,30,34-37,40H,4,14-15,22-29H2,1-3H3,(H2,47,57)(H,48,54)(H,49,59)(H,50,58)(H,51,61)(H,52,55)/t34?,35?,36-,37-,40-/m0/s1. The number of primary amides is 1. The van der Waals surface area contributed by atoms with Gasteiger partial charge >= 0.3 is 6.09 Å². The smallest absolute Gasteiger partial charge is 0.407 e. The van der Waals surface area contributed by atoms with Gasteiger partial charge in [0.05, 0.1) is 38.3 Å². The number of hydrogen-bond acceptors (Lipinski definition) is 10. The molecule has 63 heavy (non-hydrogen) atoms. The Bertz CT molecular complexity index is 2000. The second-order valence-corrected chi connectivity index (χ2v) is 15.7. The fraction of sp³-hybridized carbons (Fsp3) is 0.435. The summed E-state index contributed by atoms with van der Waals surface area (Å²) in [5.41, 5.74) is 7.61. The van der Waals surface area contributed by atoms with E-state index in [4.69, 9.17) is 15.2 Å². The van der Waals surface area contributed by atoms with E-state index in [1.807, 2.05) is 74.5 Å². The number of ketones is 1. The lowest BCUT2D eigenvalue weighted by molar-refractivity contribution is -0.143. The molecule has 0 aromatic heterocycles. The van der Waals surface area contributed by atoms with E-state index in [2.05, 4.69) is 26.6 Å². The largest absolute Gasteiger partial charge is 0.449 e. The number of nitrogens with zero attached hydrogens (tertiary/aromatic N) is 1. The SMILES string of the molecule is CCCC(NC(=O)[C@@H]1CC(OCc2ccccc2)CN1C(=O)[C@H](CCCNC(=O)Cc1ccccc1)NC(=O)OCC(C)C)C(=O)C(=O)NCC(=O)N[C@H](C(N)=O)c1ccccc1. The summed E-state index contributed by atoms with van der Waals surface area (Å²) >= 11 is 0. The van der Waals surface area contributed by atoms with Gasteiger partial charge in [0.2, 0.25) is 35.3 Å². The van der Waals surface area contributed by atoms with Gasteiger partial charge in [-0.05, 0) is 41.9 Å². The molecule has 1 saturated heterocycles. The number of alkyl carbamates (subject to hydrolysis) is 1. The predicted molar refractivity (Wildman–Crippen MR) is 232 cm³/mol. The molecule has 0 bridgehead atoms. The van der Waals surface area contributed by atoms with Crippen LogP contribution in [0.3, 0.4) is 0 Å². The van der Waals surface area contributed by atoms with Gasteiger partial charge in [-0.15, -0.1) is 0 Å². The second kappa shape index (κ2) is 25.3. The quantitative estimate of drug-likeness (QED) is 0.0567. The molecule has 0 saturated carbocycles. The van der Waals surface area contributed by atoms with Gasteiger partial charge in [-0.3, -0.25) is 33.6 Å². The summed E-state index contributed by atoms with van der Waals surface area (Å²) < 4.78 is 11.5. The number of likely N-dealkylation sites (tertiary alicyclic amines) is 1. The van der Waals surface area contributed by atoms with Crippen LogP contribution in [0.15, 0.2) is 91.0 Å². The molecule has 2 unspecified atom stereocenters. The van der Waals surface area contributed by atoms with E-state index < -0.39 is 78.2 Å². The maximum Gasteiger partial charge on any atom is 0.407 e. The Morgan fingerprint density at radius 3 is 2.02 bits per heavy atom. The summed E-state index contributed by atoms with van der Waals surface area (Å²) in [6, 6.07) is 21.9. The Kier molecular flexibility index (Phi) is 19.7. The van der Waals surface area contributed by atoms with Crippen molar-refractivity contribution in [2.75, 3.05) is 26.2 Å². The van der Waals surface area contributed by atoms with Crippen molar-refractivity contribution in [2.45, 2.75) is 96.2 Å². The number of carbonyl (C=O) groups is 8. The minimum atomic E-state index is -1.33. The van der Waals surface area contributed by atoms with Crippen molar-refractivity contribution in [3.8, 4) is 0 Å². The summed E-state index contributed by atoms with van der Waals surface area (Å²) in [5, 5.41) is 12.8. The summed E-state index contributed by atoms with van der Waals surface area (Å²) in [6.45, 7) is 5.27. The Labute approximate surface area is 367 Å². The molecular weight excluding hydrogens is 811 g/mol. The second-order valence-electron chi connectivity index (χ2n) is 15.7. The lowest BCUT2D eigenvalue weighted by Gasteiger charge is -2.29. The van der Waals surface area contributed by atoms with Gasteiger partial charge in [0.25, 0.3) is 5.91 Å². The Balaban J connectivity index is 1.47. The van der Waals surface area contributed by atoms with Crippen molar-refractivity contribution < 1.29 is 47.8 Å². The number of ether oxygens (including phenoxy) is 2. The van der Waals surface area contributed by atoms with Crippen molar-refractivity contribution >= 4 is 47.3 Å². The third kappa shape index (κ3) is 16.3. The summed E-state index contributed by atoms with van der Waals surface area (Å²) in [5.74, 6) is -5.32. The van der Waals surface area contributed by atoms with Crippen LogP contribution in [0, 0.1) is 5.92 Å². The third-order valence-electron chi connectivity index (χ3n) is 10.1. The van der Waals surface area contributed by atoms with E-state index in [9.17, 15) is 38.4 Å². The highest BCUT2D eigenvalue weighted by molar-refractivity contribution is 6.38. The van der Waals surface area contributed by atoms with Crippen molar-refractivity contribution in [2.24, 2.45) is 11.7 Å². The molecule has 7 N–H and O–H groups in total. The van der Waals surface area contributed by atoms with E-state index in [0.29, 0.717) is 12.0 Å². The molecule has 1 heterocycles. The zero-order chi connectivity index (χ0) is 45.7. The average molecular weight is 870 g/mol. The van der Waals surface area contributed by atoms with Crippen LogP contribution in [0.2, 0.25) is 0 Å². The molecule has 0 aliphatic carbocycles. The number of nitrogens with one attached hydrogen (secondary N) is 5. The molecule has 4 rings (SSSR count). The van der Waals surface area contributed by atoms with Crippen LogP contribution in [0.1, 0.15) is 75.6 Å². The van der Waals surface area contributed by atoms with Gasteiger partial charge in [-0.2, -0.15) is 0 Å². The van der Waals surface area contributed by atoms with Crippen LogP contribution in [-0.4, -0.2) is 103 Å². The fourth-order valence-corrected chi connectivity index (χ4v) is 6.87. The number of carbonyl (C=O) groups excluding carboxylic acids is 8. The van der Waals surface area contributed by atoms with Crippen molar-refractivity contribution in [1.29, 1.82) is 0 Å². The molecule has 1 aliphatic heterocycles. The van der Waals surface area contributed by atoms with Gasteiger partial charge < -0.3 is 46.7 Å². The molecule has 3 aromatic rings. The summed E-state index contributed by atoms with van der Waals surface area (Å²) in [7, 11) is 0. The highest BCUT2D eigenvalue weighted by atomic mass is 16.5. The first-order valence-electron chi connectivity index (χ1n) is 21.2. The molecule has 0 radical (unpaired) electrons. The first-order valence-corrected chi connectivity index (χ1v) is 21.2. The number of hydrogen-bond donors (Lipinski definition) is 6. The van der Waals surface area contributed by atoms with Gasteiger partial charge in [0.1, 0.15) is 18.1 Å². The van der Waals surface area contributed by atoms with Crippen LogP contribution >= 0.6 is 0 Å². The molecule has 3 aromatic carbocycles. The van der Waals surface area contributed by atoms with E-state index in [0.717, 1.165) is 11.1 Å². The molecule has 338 valence electrons. The van der Waals surface area contributed by atoms with Crippen LogP contribution in [0.4, 0.5) is 4.79 Å². The Morgan fingerprint density at radius 2 is 1.40 bits per heavy atom. The number of Topliss-reactive ketones (excluding diaryl/α,β-unsaturated/α-hetero) is 1. The van der Waals surface area contributed by atoms with Crippen LogP contribution < -0.4 is 32.3 Å². The topological polar surface area (TPSA) is 244 Å². The minimum Gasteiger partial charge on any atom is -0.449 e. The zero-order valence-electron chi connectivity index (χ0n) is 36.0. The molecule has 7 amide bonds. The Hall–Kier alpha value is -6.62. The lowest BCUT2D eigenvalue weighted by Crippen LogP contribution is -2.56. The first-order chi connectivity index (χ1) is 30.2. The predicted octanol–water partition coefficient (Wildman–Crippen LogP) is 2.38. The van der Waals surface area contributed by atoms with Gasteiger partial charge in [-0.25, -0.2) is 4.79 Å². The van der Waals surface area contributed by atoms with Crippen molar-refractivity contribution in [3.63, 3.8) is 0 Å². The molecular formula is C46H59N7O10. The molecule has 17 heteroatoms. The monoisotopic (exact) mass is 869 g/mol. The minimum absolute atomic E-state index is 0.0192. The van der Waals surface area contributed by atoms with Gasteiger partial charge in [0, 0.05) is 19.5 Å². The van der Waals surface area contributed by atoms with E-state index in [1.54, 1.807) is 37.3 Å². The van der Waals surface area contributed by atoms with Crippen molar-refractivity contribution in [3.05, 3.63) is 108 Å². The lowest BCUT2D eigenvalue weighted by atomic mass is 10.0. The number of rotatable bonds is 24. The highest BCUT2D eigenvalue weighted by Crippen LogP contribution is 2.24. The average Bonchev–Trinajstić information content (AvgIpc) is 3.71. The number of nitrogens with two attached hydrogens (primary N) is 1. The molecule has 17 nitrogen and oxygen atoms in total. The summed E-state index contributed by atoms with van der Waals surface area (Å²) in [4.78, 5) is 107. The number of benzene rings is 3. The summed E-state index contributed by atoms with van der Waals surface area (Å²) in [6.07, 6.45) is -0.450. The fourth-order valence-electron chi connectivity index (χ4n) is 6.87. The molecule has 5 atom stereocenters. The normalized spacial score (nSPS) is 15.9. The zero-order valence-corrected chi connectivity index (χ0v) is 36.0. The maximum atomic E-state index is 14.5. The van der Waals surface area contributed by atoms with Crippen LogP contribution in [0.25, 0.3) is 0 Å². The van der Waals surface area contributed by atoms with Gasteiger partial charge in [-0.1, -0.05) is 118 Å².